The third kappa shape index (κ3) is 4.17. The number of carboxylic acid groups (broad SMARTS) is 1. The van der Waals surface area contributed by atoms with Crippen LogP contribution in [-0.4, -0.2) is 72.7 Å². The van der Waals surface area contributed by atoms with Crippen LogP contribution < -0.4 is 0 Å². The van der Waals surface area contributed by atoms with Crippen molar-refractivity contribution in [2.75, 3.05) is 33.7 Å². The smallest absolute Gasteiger partial charge is 0.310 e. The fourth-order valence-corrected chi connectivity index (χ4v) is 2.94. The van der Waals surface area contributed by atoms with E-state index >= 15 is 0 Å². The highest BCUT2D eigenvalue weighted by molar-refractivity contribution is 5.86. The second kappa shape index (κ2) is 7.75. The Morgan fingerprint density at radius 2 is 1.76 bits per heavy atom. The van der Waals surface area contributed by atoms with E-state index in [1.165, 1.54) is 0 Å². The molecule has 1 saturated heterocycles. The molecule has 0 aromatic rings. The van der Waals surface area contributed by atoms with Crippen LogP contribution >= 0.6 is 0 Å². The first-order valence-electron chi connectivity index (χ1n) is 7.65. The predicted octanol–water partition coefficient (Wildman–Crippen LogP) is 0.911. The van der Waals surface area contributed by atoms with Crippen LogP contribution in [0.1, 0.15) is 27.2 Å². The summed E-state index contributed by atoms with van der Waals surface area (Å²) in [6.07, 6.45) is -0.0774. The van der Waals surface area contributed by atoms with Crippen molar-refractivity contribution in [2.24, 2.45) is 11.8 Å². The van der Waals surface area contributed by atoms with E-state index in [9.17, 15) is 14.7 Å². The van der Waals surface area contributed by atoms with E-state index in [0.29, 0.717) is 19.5 Å². The molecule has 4 unspecified atom stereocenters. The lowest BCUT2D eigenvalue weighted by molar-refractivity contribution is -0.149. The standard InChI is InChI=1S/C15H28N2O4/c1-6-11-13(12(15(19)20)10(3)21-11)14(18)17(7-2)9-8-16(4)5/h10-13H,6-9H2,1-5H3,(H,19,20). The minimum atomic E-state index is -0.944. The van der Waals surface area contributed by atoms with Crippen molar-refractivity contribution < 1.29 is 19.4 Å². The van der Waals surface area contributed by atoms with Crippen molar-refractivity contribution in [1.29, 1.82) is 0 Å². The number of aliphatic carboxylic acids is 1. The normalized spacial score (nSPS) is 28.9. The zero-order valence-electron chi connectivity index (χ0n) is 13.7. The van der Waals surface area contributed by atoms with Crippen molar-refractivity contribution in [3.05, 3.63) is 0 Å². The molecule has 1 fully saturated rings. The Morgan fingerprint density at radius 1 is 1.14 bits per heavy atom. The number of hydrogen-bond donors (Lipinski definition) is 1. The van der Waals surface area contributed by atoms with Gasteiger partial charge in [0.25, 0.3) is 0 Å². The Hall–Kier alpha value is -1.14. The minimum Gasteiger partial charge on any atom is -0.481 e. The van der Waals surface area contributed by atoms with Crippen molar-refractivity contribution in [1.82, 2.24) is 9.80 Å². The van der Waals surface area contributed by atoms with E-state index in [1.54, 1.807) is 11.8 Å². The first-order chi connectivity index (χ1) is 9.83. The summed E-state index contributed by atoms with van der Waals surface area (Å²) in [7, 11) is 3.90. The van der Waals surface area contributed by atoms with Gasteiger partial charge in [-0.3, -0.25) is 9.59 Å². The topological polar surface area (TPSA) is 70.1 Å². The van der Waals surface area contributed by atoms with E-state index in [0.717, 1.165) is 6.54 Å². The monoisotopic (exact) mass is 300 g/mol. The molecule has 1 amide bonds. The van der Waals surface area contributed by atoms with E-state index < -0.39 is 23.9 Å². The molecule has 1 rings (SSSR count). The van der Waals surface area contributed by atoms with Crippen molar-refractivity contribution in [2.45, 2.75) is 39.4 Å². The molecule has 1 aliphatic rings. The van der Waals surface area contributed by atoms with Gasteiger partial charge in [0.05, 0.1) is 24.0 Å². The fourth-order valence-electron chi connectivity index (χ4n) is 2.94. The SMILES string of the molecule is CCC1OC(C)C(C(=O)O)C1C(=O)N(CC)CCN(C)C. The van der Waals surface area contributed by atoms with E-state index in [1.807, 2.05) is 32.8 Å². The van der Waals surface area contributed by atoms with Crippen LogP contribution in [0.5, 0.6) is 0 Å². The summed E-state index contributed by atoms with van der Waals surface area (Å²) >= 11 is 0. The molecule has 0 radical (unpaired) electrons. The average molecular weight is 300 g/mol. The molecule has 1 aliphatic heterocycles. The summed E-state index contributed by atoms with van der Waals surface area (Å²) < 4.78 is 5.70. The zero-order valence-corrected chi connectivity index (χ0v) is 13.7. The quantitative estimate of drug-likeness (QED) is 0.757. The van der Waals surface area contributed by atoms with Crippen LogP contribution in [0.3, 0.4) is 0 Å². The maximum Gasteiger partial charge on any atom is 0.310 e. The third-order valence-corrected chi connectivity index (χ3v) is 4.17. The Labute approximate surface area is 127 Å². The van der Waals surface area contributed by atoms with Gasteiger partial charge < -0.3 is 19.6 Å². The van der Waals surface area contributed by atoms with Crippen LogP contribution in [0.2, 0.25) is 0 Å². The van der Waals surface area contributed by atoms with Gasteiger partial charge in [-0.2, -0.15) is 0 Å². The Kier molecular flexibility index (Phi) is 6.61. The number of carbonyl (C=O) groups excluding carboxylic acids is 1. The van der Waals surface area contributed by atoms with Crippen LogP contribution in [0.4, 0.5) is 0 Å². The average Bonchev–Trinajstić information content (AvgIpc) is 2.75. The van der Waals surface area contributed by atoms with Crippen LogP contribution in [0, 0.1) is 11.8 Å². The molecule has 1 heterocycles. The molecule has 0 aromatic carbocycles. The largest absolute Gasteiger partial charge is 0.481 e. The van der Waals surface area contributed by atoms with Crippen LogP contribution in [0.25, 0.3) is 0 Å². The summed E-state index contributed by atoms with van der Waals surface area (Å²) in [6, 6.07) is 0. The Morgan fingerprint density at radius 3 is 2.19 bits per heavy atom. The highest BCUT2D eigenvalue weighted by Crippen LogP contribution is 2.35. The Bertz CT molecular complexity index is 373. The molecule has 1 N–H and O–H groups in total. The lowest BCUT2D eigenvalue weighted by Crippen LogP contribution is -2.45. The van der Waals surface area contributed by atoms with Gasteiger partial charge in [-0.25, -0.2) is 0 Å². The van der Waals surface area contributed by atoms with Gasteiger partial charge in [0, 0.05) is 19.6 Å². The highest BCUT2D eigenvalue weighted by Gasteiger charge is 2.50. The number of carboxylic acids is 1. The molecule has 122 valence electrons. The molecule has 6 heteroatoms. The molecular formula is C15H28N2O4. The highest BCUT2D eigenvalue weighted by atomic mass is 16.5. The number of carbonyl (C=O) groups is 2. The van der Waals surface area contributed by atoms with Gasteiger partial charge in [-0.1, -0.05) is 6.92 Å². The number of amides is 1. The summed E-state index contributed by atoms with van der Waals surface area (Å²) in [4.78, 5) is 28.0. The van der Waals surface area contributed by atoms with Crippen LogP contribution in [-0.2, 0) is 14.3 Å². The first kappa shape index (κ1) is 17.9. The minimum absolute atomic E-state index is 0.0945. The first-order valence-corrected chi connectivity index (χ1v) is 7.65. The molecule has 0 aliphatic carbocycles. The van der Waals surface area contributed by atoms with Crippen LogP contribution in [0.15, 0.2) is 0 Å². The Balaban J connectivity index is 2.90. The van der Waals surface area contributed by atoms with E-state index in [4.69, 9.17) is 4.74 Å². The summed E-state index contributed by atoms with van der Waals surface area (Å²) in [5.41, 5.74) is 0. The van der Waals surface area contributed by atoms with E-state index in [2.05, 4.69) is 0 Å². The van der Waals surface area contributed by atoms with Gasteiger partial charge in [0.15, 0.2) is 0 Å². The molecule has 4 atom stereocenters. The van der Waals surface area contributed by atoms with Crippen molar-refractivity contribution in [3.8, 4) is 0 Å². The maximum absolute atomic E-state index is 12.8. The molecule has 0 saturated carbocycles. The number of likely N-dealkylation sites (N-methyl/N-ethyl adjacent to an activating group) is 2. The second-order valence-electron chi connectivity index (χ2n) is 5.90. The van der Waals surface area contributed by atoms with Gasteiger partial charge in [0.2, 0.25) is 5.91 Å². The van der Waals surface area contributed by atoms with E-state index in [-0.39, 0.29) is 12.0 Å². The number of ether oxygens (including phenoxy) is 1. The summed E-state index contributed by atoms with van der Waals surface area (Å²) in [5.74, 6) is -2.37. The molecule has 0 spiro atoms. The molecule has 6 nitrogen and oxygen atoms in total. The van der Waals surface area contributed by atoms with Crippen molar-refractivity contribution in [3.63, 3.8) is 0 Å². The predicted molar refractivity (Wildman–Crippen MR) is 80.0 cm³/mol. The zero-order chi connectivity index (χ0) is 16.2. The number of rotatable bonds is 7. The fraction of sp³-hybridized carbons (Fsp3) is 0.867. The van der Waals surface area contributed by atoms with Gasteiger partial charge in [-0.15, -0.1) is 0 Å². The number of nitrogens with zero attached hydrogens (tertiary/aromatic N) is 2. The molecule has 0 aromatic heterocycles. The summed E-state index contributed by atoms with van der Waals surface area (Å²) in [6.45, 7) is 7.54. The van der Waals surface area contributed by atoms with Crippen molar-refractivity contribution >= 4 is 11.9 Å². The molecular weight excluding hydrogens is 272 g/mol. The molecule has 21 heavy (non-hydrogen) atoms. The lowest BCUT2D eigenvalue weighted by atomic mass is 9.85. The van der Waals surface area contributed by atoms with Gasteiger partial charge in [-0.05, 0) is 34.4 Å². The molecule has 0 bridgehead atoms. The lowest BCUT2D eigenvalue weighted by Gasteiger charge is -2.29. The maximum atomic E-state index is 12.8. The summed E-state index contributed by atoms with van der Waals surface area (Å²) in [5, 5.41) is 9.43. The second-order valence-corrected chi connectivity index (χ2v) is 5.90. The van der Waals surface area contributed by atoms with Gasteiger partial charge in [0.1, 0.15) is 0 Å². The number of hydrogen-bond acceptors (Lipinski definition) is 4. The van der Waals surface area contributed by atoms with Gasteiger partial charge >= 0.3 is 5.97 Å². The third-order valence-electron chi connectivity index (χ3n) is 4.17.